The lowest BCUT2D eigenvalue weighted by Crippen LogP contribution is -2.18. The fourth-order valence-corrected chi connectivity index (χ4v) is 4.64. The highest BCUT2D eigenvalue weighted by molar-refractivity contribution is 7.92. The van der Waals surface area contributed by atoms with Crippen LogP contribution in [0.2, 0.25) is 0 Å². The molecule has 8 nitrogen and oxygen atoms in total. The van der Waals surface area contributed by atoms with Gasteiger partial charge in [0, 0.05) is 5.39 Å². The van der Waals surface area contributed by atoms with E-state index in [2.05, 4.69) is 14.8 Å². The molecule has 0 radical (unpaired) electrons. The molecule has 9 heteroatoms. The number of anilines is 1. The molecule has 0 amide bonds. The van der Waals surface area contributed by atoms with Gasteiger partial charge in [-0.25, -0.2) is 13.4 Å². The van der Waals surface area contributed by atoms with Crippen molar-refractivity contribution in [3.8, 4) is 17.6 Å². The molecular formula is C22H19N5O3S. The number of nitrogens with one attached hydrogen (secondary N) is 1. The second-order valence-electron chi connectivity index (χ2n) is 7.00. The molecule has 0 unspecified atom stereocenters. The monoisotopic (exact) mass is 433 g/mol. The fourth-order valence-electron chi connectivity index (χ4n) is 3.32. The molecule has 2 aromatic carbocycles. The summed E-state index contributed by atoms with van der Waals surface area (Å²) >= 11 is 0. The van der Waals surface area contributed by atoms with Gasteiger partial charge < -0.3 is 4.74 Å². The normalized spacial score (nSPS) is 11.3. The van der Waals surface area contributed by atoms with E-state index in [1.54, 1.807) is 25.1 Å². The van der Waals surface area contributed by atoms with Crippen LogP contribution in [-0.4, -0.2) is 30.3 Å². The number of rotatable bonds is 5. The summed E-state index contributed by atoms with van der Waals surface area (Å²) in [5.74, 6) is 0.599. The third-order valence-corrected chi connectivity index (χ3v) is 6.22. The molecule has 0 saturated heterocycles. The van der Waals surface area contributed by atoms with Crippen molar-refractivity contribution in [1.29, 1.82) is 5.26 Å². The van der Waals surface area contributed by atoms with Crippen molar-refractivity contribution in [2.24, 2.45) is 0 Å². The van der Waals surface area contributed by atoms with E-state index in [1.165, 1.54) is 24.1 Å². The first-order valence-corrected chi connectivity index (χ1v) is 10.8. The van der Waals surface area contributed by atoms with Crippen LogP contribution in [0.25, 0.3) is 16.7 Å². The van der Waals surface area contributed by atoms with E-state index in [0.717, 1.165) is 22.0 Å². The topological polar surface area (TPSA) is 110 Å². The highest BCUT2D eigenvalue weighted by atomic mass is 32.2. The zero-order chi connectivity index (χ0) is 22.2. The van der Waals surface area contributed by atoms with Crippen LogP contribution in [0.1, 0.15) is 16.7 Å². The Morgan fingerprint density at radius 3 is 2.65 bits per heavy atom. The van der Waals surface area contributed by atoms with Crippen molar-refractivity contribution in [3.05, 3.63) is 71.4 Å². The largest absolute Gasteiger partial charge is 0.495 e. The number of nitriles is 1. The molecule has 0 saturated carbocycles. The van der Waals surface area contributed by atoms with Gasteiger partial charge in [0.2, 0.25) is 0 Å². The number of hydrogen-bond acceptors (Lipinski definition) is 6. The molecule has 156 valence electrons. The van der Waals surface area contributed by atoms with E-state index >= 15 is 0 Å². The van der Waals surface area contributed by atoms with Gasteiger partial charge in [0.25, 0.3) is 10.0 Å². The Morgan fingerprint density at radius 2 is 1.90 bits per heavy atom. The first kappa shape index (κ1) is 20.4. The Labute approximate surface area is 179 Å². The van der Waals surface area contributed by atoms with Gasteiger partial charge in [0.1, 0.15) is 22.3 Å². The minimum atomic E-state index is -4.08. The van der Waals surface area contributed by atoms with Crippen molar-refractivity contribution in [3.63, 3.8) is 0 Å². The summed E-state index contributed by atoms with van der Waals surface area (Å²) in [4.78, 5) is 4.56. The Bertz CT molecular complexity index is 1450. The van der Waals surface area contributed by atoms with Crippen LogP contribution in [0.15, 0.2) is 59.6 Å². The number of para-hydroxylation sites is 1. The maximum Gasteiger partial charge on any atom is 0.266 e. The summed E-state index contributed by atoms with van der Waals surface area (Å²) in [7, 11) is -2.68. The Balaban J connectivity index is 1.86. The van der Waals surface area contributed by atoms with Gasteiger partial charge in [-0.2, -0.15) is 15.0 Å². The second-order valence-corrected chi connectivity index (χ2v) is 8.66. The lowest BCUT2D eigenvalue weighted by atomic mass is 10.1. The average molecular weight is 433 g/mol. The van der Waals surface area contributed by atoms with E-state index in [9.17, 15) is 13.7 Å². The summed E-state index contributed by atoms with van der Waals surface area (Å²) in [6.45, 7) is 3.72. The molecule has 0 aliphatic carbocycles. The molecule has 0 bridgehead atoms. The fraction of sp³-hybridized carbons (Fsp3) is 0.136. The van der Waals surface area contributed by atoms with Gasteiger partial charge >= 0.3 is 0 Å². The zero-order valence-electron chi connectivity index (χ0n) is 17.1. The molecule has 0 fully saturated rings. The molecule has 0 aliphatic heterocycles. The van der Waals surface area contributed by atoms with Crippen LogP contribution in [0, 0.1) is 25.2 Å². The highest BCUT2D eigenvalue weighted by Gasteiger charge is 2.24. The van der Waals surface area contributed by atoms with Crippen LogP contribution in [-0.2, 0) is 10.0 Å². The van der Waals surface area contributed by atoms with Gasteiger partial charge in [-0.15, -0.1) is 0 Å². The molecule has 4 aromatic rings. The molecule has 31 heavy (non-hydrogen) atoms. The van der Waals surface area contributed by atoms with E-state index in [0.29, 0.717) is 5.82 Å². The van der Waals surface area contributed by atoms with Gasteiger partial charge in [0.05, 0.1) is 18.8 Å². The van der Waals surface area contributed by atoms with Gasteiger partial charge in [-0.3, -0.25) is 4.72 Å². The van der Waals surface area contributed by atoms with Crippen molar-refractivity contribution >= 4 is 26.7 Å². The van der Waals surface area contributed by atoms with Crippen LogP contribution in [0.5, 0.6) is 5.75 Å². The predicted molar refractivity (Wildman–Crippen MR) is 117 cm³/mol. The van der Waals surface area contributed by atoms with Crippen molar-refractivity contribution in [1.82, 2.24) is 14.8 Å². The third-order valence-electron chi connectivity index (χ3n) is 4.86. The number of aromatic nitrogens is 3. The van der Waals surface area contributed by atoms with Crippen LogP contribution in [0.3, 0.4) is 0 Å². The number of benzene rings is 2. The summed E-state index contributed by atoms with van der Waals surface area (Å²) in [6.07, 6.45) is 1.30. The van der Waals surface area contributed by atoms with Crippen LogP contribution >= 0.6 is 0 Å². The predicted octanol–water partition coefficient (Wildman–Crippen LogP) is 3.72. The van der Waals surface area contributed by atoms with Gasteiger partial charge in [-0.05, 0) is 49.2 Å². The quantitative estimate of drug-likeness (QED) is 0.514. The van der Waals surface area contributed by atoms with E-state index in [4.69, 9.17) is 4.74 Å². The number of nitrogens with zero attached hydrogens (tertiary/aromatic N) is 4. The van der Waals surface area contributed by atoms with Crippen LogP contribution < -0.4 is 9.46 Å². The number of hydrogen-bond donors (Lipinski definition) is 1. The molecule has 1 N–H and O–H groups in total. The molecular weight excluding hydrogens is 414 g/mol. The lowest BCUT2D eigenvalue weighted by molar-refractivity contribution is 0.402. The minimum absolute atomic E-state index is 0.00763. The third kappa shape index (κ3) is 3.69. The Morgan fingerprint density at radius 1 is 1.13 bits per heavy atom. The number of pyridine rings is 1. The first-order chi connectivity index (χ1) is 14.8. The van der Waals surface area contributed by atoms with E-state index in [-0.39, 0.29) is 22.0 Å². The lowest BCUT2D eigenvalue weighted by Gasteiger charge is -2.14. The van der Waals surface area contributed by atoms with Crippen molar-refractivity contribution in [2.45, 2.75) is 18.7 Å². The molecule has 0 atom stereocenters. The number of sulfonamides is 1. The maximum absolute atomic E-state index is 13.2. The molecule has 0 aliphatic rings. The number of ether oxygens (including phenoxy) is 1. The smallest absolute Gasteiger partial charge is 0.266 e. The van der Waals surface area contributed by atoms with E-state index < -0.39 is 10.0 Å². The summed E-state index contributed by atoms with van der Waals surface area (Å²) in [6, 6.07) is 16.2. The van der Waals surface area contributed by atoms with E-state index in [1.807, 2.05) is 37.3 Å². The first-order valence-electron chi connectivity index (χ1n) is 9.36. The Hall–Kier alpha value is -3.90. The standard InChI is InChI=1S/C22H19N5O3S/c1-14-8-9-19(30-3)20(10-14)31(28,29)26-22-16(12-23)13-24-27(22)21-11-15(2)17-6-4-5-7-18(17)25-21/h4-11,13,26H,1-3H3. The number of methoxy groups -OCH3 is 1. The second kappa shape index (κ2) is 7.74. The highest BCUT2D eigenvalue weighted by Crippen LogP contribution is 2.29. The van der Waals surface area contributed by atoms with Gasteiger partial charge in [-0.1, -0.05) is 24.3 Å². The van der Waals surface area contributed by atoms with Crippen LogP contribution in [0.4, 0.5) is 5.82 Å². The molecule has 4 rings (SSSR count). The SMILES string of the molecule is COc1ccc(C)cc1S(=O)(=O)Nc1c(C#N)cnn1-c1cc(C)c2ccccc2n1. The Kier molecular flexibility index (Phi) is 5.09. The summed E-state index contributed by atoms with van der Waals surface area (Å²) < 4.78 is 35.4. The number of fused-ring (bicyclic) bond motifs is 1. The minimum Gasteiger partial charge on any atom is -0.495 e. The molecule has 0 spiro atoms. The van der Waals surface area contributed by atoms with Gasteiger partial charge in [0.15, 0.2) is 11.6 Å². The molecule has 2 heterocycles. The van der Waals surface area contributed by atoms with Crippen molar-refractivity contribution in [2.75, 3.05) is 11.8 Å². The number of aryl methyl sites for hydroxylation is 2. The maximum atomic E-state index is 13.2. The summed E-state index contributed by atoms with van der Waals surface area (Å²) in [5, 5.41) is 14.7. The average Bonchev–Trinajstić information content (AvgIpc) is 3.15. The zero-order valence-corrected chi connectivity index (χ0v) is 17.9. The van der Waals surface area contributed by atoms with Crippen molar-refractivity contribution < 1.29 is 13.2 Å². The summed E-state index contributed by atoms with van der Waals surface area (Å²) in [5.41, 5.74) is 2.51. The molecule has 2 aromatic heterocycles.